The highest BCUT2D eigenvalue weighted by Crippen LogP contribution is 2.09. The van der Waals surface area contributed by atoms with Gasteiger partial charge in [0.2, 0.25) is 24.5 Å². The third-order valence-corrected chi connectivity index (χ3v) is 5.53. The van der Waals surface area contributed by atoms with Crippen LogP contribution in [-0.2, 0) is 46.4 Å². The maximum Gasteiger partial charge on any atom is 0.323 e. The third-order valence-electron chi connectivity index (χ3n) is 5.53. The van der Waals surface area contributed by atoms with Gasteiger partial charge in [0.25, 0.3) is 0 Å². The van der Waals surface area contributed by atoms with Gasteiger partial charge in [-0.05, 0) is 25.2 Å². The van der Waals surface area contributed by atoms with Crippen LogP contribution in [0.3, 0.4) is 0 Å². The first-order valence-electron chi connectivity index (χ1n) is 11.9. The summed E-state index contributed by atoms with van der Waals surface area (Å²) in [5.74, 6) is -2.40. The lowest BCUT2D eigenvalue weighted by molar-refractivity contribution is -0.168. The van der Waals surface area contributed by atoms with Gasteiger partial charge in [0.15, 0.2) is 0 Å². The van der Waals surface area contributed by atoms with E-state index in [1.807, 2.05) is 48.2 Å². The Morgan fingerprint density at radius 1 is 0.811 bits per heavy atom. The first-order chi connectivity index (χ1) is 17.6. The zero-order chi connectivity index (χ0) is 27.2. The number of benzene rings is 1. The Balaban J connectivity index is 1.90. The van der Waals surface area contributed by atoms with Gasteiger partial charge in [0.1, 0.15) is 0 Å². The van der Waals surface area contributed by atoms with Crippen molar-refractivity contribution in [1.29, 1.82) is 0 Å². The fourth-order valence-corrected chi connectivity index (χ4v) is 3.44. The summed E-state index contributed by atoms with van der Waals surface area (Å²) < 4.78 is 9.90. The van der Waals surface area contributed by atoms with Crippen molar-refractivity contribution in [2.75, 3.05) is 73.2 Å². The molecule has 13 nitrogen and oxygen atoms in total. The molecule has 2 rings (SSSR count). The van der Waals surface area contributed by atoms with Crippen LogP contribution >= 0.6 is 0 Å². The van der Waals surface area contributed by atoms with E-state index in [4.69, 9.17) is 15.2 Å². The van der Waals surface area contributed by atoms with Crippen LogP contribution in [0.1, 0.15) is 11.1 Å². The third kappa shape index (κ3) is 12.8. The first-order valence-corrected chi connectivity index (χ1v) is 11.9. The first kappa shape index (κ1) is 29.7. The predicted molar refractivity (Wildman–Crippen MR) is 133 cm³/mol. The summed E-state index contributed by atoms with van der Waals surface area (Å²) >= 11 is 0. The maximum atomic E-state index is 12.1. The lowest BCUT2D eigenvalue weighted by atomic mass is 10.1. The van der Waals surface area contributed by atoms with Crippen LogP contribution in [0.4, 0.5) is 0 Å². The topological polar surface area (TPSA) is 164 Å². The second-order valence-corrected chi connectivity index (χ2v) is 8.92. The largest absolute Gasteiger partial charge is 0.427 e. The highest BCUT2D eigenvalue weighted by atomic mass is 16.7. The molecule has 1 aliphatic heterocycles. The van der Waals surface area contributed by atoms with Gasteiger partial charge in [-0.15, -0.1) is 0 Å². The summed E-state index contributed by atoms with van der Waals surface area (Å²) in [6.07, 6.45) is 0.106. The van der Waals surface area contributed by atoms with E-state index in [1.54, 1.807) is 0 Å². The Labute approximate surface area is 216 Å². The van der Waals surface area contributed by atoms with Gasteiger partial charge in [-0.25, -0.2) is 0 Å². The number of amides is 3. The van der Waals surface area contributed by atoms with Gasteiger partial charge < -0.3 is 25.8 Å². The van der Waals surface area contributed by atoms with E-state index >= 15 is 0 Å². The number of hydrogen-bond acceptors (Lipinski definition) is 10. The fraction of sp³-hybridized carbons (Fsp3) is 0.542. The molecular formula is C24H36N6O7. The number of carbonyl (C=O) groups is 5. The van der Waals surface area contributed by atoms with Crippen molar-refractivity contribution >= 4 is 29.7 Å². The van der Waals surface area contributed by atoms with Gasteiger partial charge in [0, 0.05) is 32.7 Å². The predicted octanol–water partition coefficient (Wildman–Crippen LogP) is -2.33. The van der Waals surface area contributed by atoms with Gasteiger partial charge in [-0.3, -0.25) is 38.7 Å². The summed E-state index contributed by atoms with van der Waals surface area (Å²) in [4.78, 5) is 64.1. The van der Waals surface area contributed by atoms with Crippen molar-refractivity contribution < 1.29 is 33.4 Å². The van der Waals surface area contributed by atoms with Gasteiger partial charge in [-0.1, -0.05) is 24.3 Å². The van der Waals surface area contributed by atoms with Crippen LogP contribution in [0.25, 0.3) is 0 Å². The van der Waals surface area contributed by atoms with Crippen molar-refractivity contribution in [3.8, 4) is 0 Å². The Morgan fingerprint density at radius 3 is 1.86 bits per heavy atom. The van der Waals surface area contributed by atoms with Crippen LogP contribution in [0, 0.1) is 0 Å². The SMILES string of the molecule is CN1CCN(Cc2ccc(CC(=O)NCC(=O)NCC(N)=O)cc2)CCN(C)CC(=O)OCOC(=O)C1. The number of nitrogens with zero attached hydrogens (tertiary/aromatic N) is 3. The van der Waals surface area contributed by atoms with E-state index in [9.17, 15) is 24.0 Å². The molecule has 0 spiro atoms. The molecule has 1 aliphatic rings. The van der Waals surface area contributed by atoms with E-state index in [2.05, 4.69) is 15.5 Å². The number of ether oxygens (including phenoxy) is 2. The van der Waals surface area contributed by atoms with E-state index in [0.717, 1.165) is 11.1 Å². The minimum Gasteiger partial charge on any atom is -0.427 e. The van der Waals surface area contributed by atoms with E-state index in [-0.39, 0.29) is 45.3 Å². The molecule has 3 amide bonds. The lowest BCUT2D eigenvalue weighted by Crippen LogP contribution is -2.41. The van der Waals surface area contributed by atoms with E-state index in [1.165, 1.54) is 0 Å². The number of carbonyl (C=O) groups excluding carboxylic acids is 5. The van der Waals surface area contributed by atoms with Gasteiger partial charge in [-0.2, -0.15) is 0 Å². The summed E-state index contributed by atoms with van der Waals surface area (Å²) in [7, 11) is 3.65. The highest BCUT2D eigenvalue weighted by molar-refractivity contribution is 5.88. The Bertz CT molecular complexity index is 912. The van der Waals surface area contributed by atoms with Crippen molar-refractivity contribution in [3.63, 3.8) is 0 Å². The molecule has 1 heterocycles. The van der Waals surface area contributed by atoms with Crippen LogP contribution < -0.4 is 16.4 Å². The molecule has 0 atom stereocenters. The number of cyclic esters (lactones) is 2. The number of nitrogens with one attached hydrogen (secondary N) is 2. The molecule has 13 heteroatoms. The molecule has 4 N–H and O–H groups in total. The monoisotopic (exact) mass is 520 g/mol. The standard InChI is InChI=1S/C24H36N6O7/c1-28-7-9-30(10-8-29(2)16-24(35)37-17-36-23(34)15-28)14-19-5-3-18(4-6-19)11-21(32)27-13-22(33)26-12-20(25)31/h3-6H,7-17H2,1-2H3,(H2,25,31)(H,26,33)(H,27,32). The average molecular weight is 521 g/mol. The van der Waals surface area contributed by atoms with Crippen molar-refractivity contribution in [1.82, 2.24) is 25.3 Å². The van der Waals surface area contributed by atoms with Crippen LogP contribution in [0.5, 0.6) is 0 Å². The van der Waals surface area contributed by atoms with E-state index < -0.39 is 23.8 Å². The van der Waals surface area contributed by atoms with Crippen LogP contribution in [0.15, 0.2) is 24.3 Å². The lowest BCUT2D eigenvalue weighted by Gasteiger charge is -2.27. The molecule has 1 fully saturated rings. The van der Waals surface area contributed by atoms with Crippen molar-refractivity contribution in [3.05, 3.63) is 35.4 Å². The van der Waals surface area contributed by atoms with Crippen molar-refractivity contribution in [2.45, 2.75) is 13.0 Å². The minimum absolute atomic E-state index is 0.0921. The number of primary amides is 1. The number of rotatable bonds is 8. The molecule has 0 saturated carbocycles. The summed E-state index contributed by atoms with van der Waals surface area (Å²) in [6.45, 7) is 2.61. The average Bonchev–Trinajstić information content (AvgIpc) is 2.83. The summed E-state index contributed by atoms with van der Waals surface area (Å²) in [6, 6.07) is 7.60. The second-order valence-electron chi connectivity index (χ2n) is 8.92. The smallest absolute Gasteiger partial charge is 0.323 e. The molecule has 0 bridgehead atoms. The Hall–Kier alpha value is -3.55. The van der Waals surface area contributed by atoms with Gasteiger partial charge >= 0.3 is 11.9 Å². The highest BCUT2D eigenvalue weighted by Gasteiger charge is 2.16. The zero-order valence-electron chi connectivity index (χ0n) is 21.4. The van der Waals surface area contributed by atoms with Crippen molar-refractivity contribution in [2.24, 2.45) is 5.73 Å². The molecule has 0 radical (unpaired) electrons. The zero-order valence-corrected chi connectivity index (χ0v) is 21.4. The number of likely N-dealkylation sites (N-methyl/N-ethyl adjacent to an activating group) is 2. The fourth-order valence-electron chi connectivity index (χ4n) is 3.44. The quantitative estimate of drug-likeness (QED) is 0.317. The van der Waals surface area contributed by atoms with E-state index in [0.29, 0.717) is 32.7 Å². The maximum absolute atomic E-state index is 12.1. The summed E-state index contributed by atoms with van der Waals surface area (Å²) in [5.41, 5.74) is 6.79. The number of nitrogens with two attached hydrogens (primary N) is 1. The summed E-state index contributed by atoms with van der Waals surface area (Å²) in [5, 5.41) is 4.81. The molecule has 1 aromatic carbocycles. The molecule has 0 unspecified atom stereocenters. The molecule has 0 aromatic heterocycles. The molecule has 1 saturated heterocycles. The Kier molecular flexibility index (Phi) is 12.5. The molecular weight excluding hydrogens is 484 g/mol. The Morgan fingerprint density at radius 2 is 1.32 bits per heavy atom. The molecule has 1 aromatic rings. The van der Waals surface area contributed by atoms with Crippen LogP contribution in [-0.4, -0.2) is 118 Å². The molecule has 0 aliphatic carbocycles. The normalized spacial score (nSPS) is 17.2. The van der Waals surface area contributed by atoms with Crippen LogP contribution in [0.2, 0.25) is 0 Å². The molecule has 37 heavy (non-hydrogen) atoms. The number of hydrogen-bond donors (Lipinski definition) is 3. The van der Waals surface area contributed by atoms with Gasteiger partial charge in [0.05, 0.1) is 32.6 Å². The number of esters is 2. The molecule has 204 valence electrons. The minimum atomic E-state index is -0.660. The second kappa shape index (κ2) is 15.5.